The van der Waals surface area contributed by atoms with Crippen LogP contribution in [0.1, 0.15) is 77.0 Å². The molecule has 4 saturated heterocycles. The number of hydrogen-bond donors (Lipinski definition) is 0. The molecule has 1 spiro atoms. The van der Waals surface area contributed by atoms with E-state index in [4.69, 9.17) is 29.1 Å². The molecule has 9 atom stereocenters. The molecule has 9 heteroatoms. The Morgan fingerprint density at radius 1 is 1.02 bits per heavy atom. The number of carbonyl (C=O) groups is 1. The molecule has 0 radical (unpaired) electrons. The molecule has 5 heterocycles. The van der Waals surface area contributed by atoms with Crippen molar-refractivity contribution in [1.29, 1.82) is 0 Å². The van der Waals surface area contributed by atoms with E-state index >= 15 is 0 Å². The summed E-state index contributed by atoms with van der Waals surface area (Å²) in [6.45, 7) is 8.00. The van der Waals surface area contributed by atoms with Crippen LogP contribution in [0.15, 0.2) is 58.1 Å². The number of fused-ring (bicyclic) bond motifs is 2. The Morgan fingerprint density at radius 2 is 1.78 bits per heavy atom. The van der Waals surface area contributed by atoms with Gasteiger partial charge in [0.2, 0.25) is 18.0 Å². The fourth-order valence-corrected chi connectivity index (χ4v) is 8.05. The molecule has 2 bridgehead atoms. The fourth-order valence-electron chi connectivity index (χ4n) is 7.79. The molecular formula is C32H37BrN2O6. The minimum Gasteiger partial charge on any atom is -0.465 e. The van der Waals surface area contributed by atoms with Gasteiger partial charge < -0.3 is 14.2 Å². The second-order valence-electron chi connectivity index (χ2n) is 12.6. The molecule has 5 fully saturated rings. The topological polar surface area (TPSA) is 78.8 Å². The Bertz CT molecular complexity index is 1350. The number of rotatable bonds is 4. The lowest BCUT2D eigenvalue weighted by molar-refractivity contribution is -0.575. The maximum absolute atomic E-state index is 12.4. The fraction of sp³-hybridized carbons (Fsp3) is 0.562. The first-order valence-electron chi connectivity index (χ1n) is 14.8. The predicted molar refractivity (Wildman–Crippen MR) is 154 cm³/mol. The van der Waals surface area contributed by atoms with Gasteiger partial charge in [-0.1, -0.05) is 41.9 Å². The number of hydrogen-bond acceptors (Lipinski definition) is 7. The zero-order valence-electron chi connectivity index (χ0n) is 23.9. The largest absolute Gasteiger partial charge is 0.465 e. The van der Waals surface area contributed by atoms with Gasteiger partial charge in [0, 0.05) is 36.1 Å². The van der Waals surface area contributed by atoms with Gasteiger partial charge in [-0.25, -0.2) is 14.8 Å². The summed E-state index contributed by atoms with van der Waals surface area (Å²) in [7, 11) is 0. The van der Waals surface area contributed by atoms with Crippen LogP contribution in [0.3, 0.4) is 0 Å². The van der Waals surface area contributed by atoms with Crippen molar-refractivity contribution in [3.05, 3.63) is 64.1 Å². The number of nitrogens with zero attached hydrogens (tertiary/aromatic N) is 2. The van der Waals surface area contributed by atoms with Gasteiger partial charge in [0.15, 0.2) is 11.9 Å². The highest BCUT2D eigenvalue weighted by Crippen LogP contribution is 2.60. The molecular weight excluding hydrogens is 588 g/mol. The molecule has 5 aliphatic heterocycles. The molecule has 8 nitrogen and oxygen atoms in total. The number of hydrazone groups is 1. The zero-order chi connectivity index (χ0) is 28.5. The van der Waals surface area contributed by atoms with Crippen molar-refractivity contribution in [3.8, 4) is 5.75 Å². The van der Waals surface area contributed by atoms with E-state index < -0.39 is 24.0 Å². The number of carbonyl (C=O) groups excluding carboxylic acids is 1. The summed E-state index contributed by atoms with van der Waals surface area (Å²) in [6, 6.07) is 15.8. The molecule has 41 heavy (non-hydrogen) atoms. The lowest BCUT2D eigenvalue weighted by Gasteiger charge is -2.60. The van der Waals surface area contributed by atoms with E-state index in [1.165, 1.54) is 0 Å². The average Bonchev–Trinajstić information content (AvgIpc) is 3.28. The standard InChI is InChI=1S/C32H37BrN2O6/c1-18-5-14-26-19(2)29(38-30-32(26)25(18)15-16-31(4,39-30)40-41-32)37-24-12-8-21(9-13-24)27-17-28(35(34-27)20(3)36)22-6-10-23(33)11-7-22/h6-13,18-19,25-26,28-30H,5,14-17H2,1-4H3/t18-,19-,25+,26+,28?,29+,30-,31-,32-/m1/s1. The van der Waals surface area contributed by atoms with Crippen molar-refractivity contribution < 1.29 is 28.8 Å². The van der Waals surface area contributed by atoms with Gasteiger partial charge in [-0.2, -0.15) is 5.10 Å². The van der Waals surface area contributed by atoms with Gasteiger partial charge in [0.1, 0.15) is 5.75 Å². The molecule has 218 valence electrons. The van der Waals surface area contributed by atoms with E-state index in [0.29, 0.717) is 18.3 Å². The first-order chi connectivity index (χ1) is 19.7. The van der Waals surface area contributed by atoms with Crippen LogP contribution < -0.4 is 4.74 Å². The lowest BCUT2D eigenvalue weighted by atomic mass is 9.58. The van der Waals surface area contributed by atoms with Crippen molar-refractivity contribution in [2.75, 3.05) is 0 Å². The van der Waals surface area contributed by atoms with Crippen LogP contribution in [0, 0.1) is 23.7 Å². The first kappa shape index (κ1) is 27.5. The van der Waals surface area contributed by atoms with Crippen LogP contribution in [-0.2, 0) is 24.0 Å². The van der Waals surface area contributed by atoms with E-state index in [0.717, 1.165) is 52.7 Å². The Morgan fingerprint density at radius 3 is 2.51 bits per heavy atom. The van der Waals surface area contributed by atoms with E-state index in [1.807, 2.05) is 55.5 Å². The smallest absolute Gasteiger partial charge is 0.240 e. The molecule has 0 N–H and O–H groups in total. The van der Waals surface area contributed by atoms with Crippen molar-refractivity contribution in [3.63, 3.8) is 0 Å². The number of benzene rings is 2. The lowest BCUT2D eigenvalue weighted by Crippen LogP contribution is -2.70. The van der Waals surface area contributed by atoms with Gasteiger partial charge in [-0.05, 0) is 85.5 Å². The van der Waals surface area contributed by atoms with E-state index in [-0.39, 0.29) is 23.8 Å². The molecule has 8 rings (SSSR count). The SMILES string of the molecule is CC(=O)N1N=C(c2ccc(O[C@H]3O[C@@H]4O[C@@]5(C)CC[C@H]6[C@H](C)CC[C@@H]([C@H]3C)[C@@]46OO5)cc2)CC1c1ccc(Br)cc1. The minimum atomic E-state index is -0.811. The summed E-state index contributed by atoms with van der Waals surface area (Å²) in [6.07, 6.45) is 3.59. The number of halogens is 1. The quantitative estimate of drug-likeness (QED) is 0.351. The summed E-state index contributed by atoms with van der Waals surface area (Å²) in [5.74, 6) is 0.959. The van der Waals surface area contributed by atoms with Crippen LogP contribution in [0.5, 0.6) is 5.75 Å². The first-order valence-corrected chi connectivity index (χ1v) is 15.6. The Kier molecular flexibility index (Phi) is 6.82. The molecule has 1 amide bonds. The summed E-state index contributed by atoms with van der Waals surface area (Å²) in [5, 5.41) is 6.28. The van der Waals surface area contributed by atoms with Gasteiger partial charge in [0.25, 0.3) is 0 Å². The number of ether oxygens (including phenoxy) is 3. The average molecular weight is 626 g/mol. The van der Waals surface area contributed by atoms with Crippen LogP contribution in [0.2, 0.25) is 0 Å². The van der Waals surface area contributed by atoms with Crippen molar-refractivity contribution >= 4 is 27.5 Å². The zero-order valence-corrected chi connectivity index (χ0v) is 25.5. The third-order valence-electron chi connectivity index (χ3n) is 10.0. The normalized spacial score (nSPS) is 39.6. The second kappa shape index (κ2) is 10.2. The Hall–Kier alpha value is -2.30. The highest BCUT2D eigenvalue weighted by molar-refractivity contribution is 9.10. The van der Waals surface area contributed by atoms with Crippen LogP contribution in [-0.4, -0.2) is 40.6 Å². The summed E-state index contributed by atoms with van der Waals surface area (Å²) < 4.78 is 20.5. The van der Waals surface area contributed by atoms with E-state index in [2.05, 4.69) is 29.8 Å². The van der Waals surface area contributed by atoms with Gasteiger partial charge in [-0.3, -0.25) is 4.79 Å². The van der Waals surface area contributed by atoms with Crippen molar-refractivity contribution in [2.24, 2.45) is 28.8 Å². The molecule has 2 aromatic carbocycles. The summed E-state index contributed by atoms with van der Waals surface area (Å²) in [5.41, 5.74) is 2.29. The highest BCUT2D eigenvalue weighted by atomic mass is 79.9. The van der Waals surface area contributed by atoms with Gasteiger partial charge >= 0.3 is 0 Å². The predicted octanol–water partition coefficient (Wildman–Crippen LogP) is 6.73. The minimum absolute atomic E-state index is 0.0777. The second-order valence-corrected chi connectivity index (χ2v) is 13.5. The van der Waals surface area contributed by atoms with Crippen LogP contribution in [0.4, 0.5) is 0 Å². The van der Waals surface area contributed by atoms with E-state index in [1.54, 1.807) is 11.9 Å². The highest BCUT2D eigenvalue weighted by Gasteiger charge is 2.69. The van der Waals surface area contributed by atoms with Crippen molar-refractivity contribution in [2.45, 2.75) is 89.8 Å². The molecule has 2 aromatic rings. The molecule has 1 unspecified atom stereocenters. The third kappa shape index (κ3) is 4.56. The molecule has 1 saturated carbocycles. The van der Waals surface area contributed by atoms with E-state index in [9.17, 15) is 4.79 Å². The Balaban J connectivity index is 1.09. The summed E-state index contributed by atoms with van der Waals surface area (Å²) in [4.78, 5) is 24.6. The van der Waals surface area contributed by atoms with Crippen LogP contribution in [0.25, 0.3) is 0 Å². The molecule has 1 aliphatic carbocycles. The summed E-state index contributed by atoms with van der Waals surface area (Å²) >= 11 is 3.49. The van der Waals surface area contributed by atoms with Gasteiger partial charge in [0.05, 0.1) is 11.8 Å². The Labute approximate surface area is 249 Å². The van der Waals surface area contributed by atoms with Crippen molar-refractivity contribution in [1.82, 2.24) is 5.01 Å². The monoisotopic (exact) mass is 624 g/mol. The third-order valence-corrected chi connectivity index (χ3v) is 10.6. The molecule has 6 aliphatic rings. The van der Waals surface area contributed by atoms with Gasteiger partial charge in [-0.15, -0.1) is 0 Å². The maximum atomic E-state index is 12.4. The van der Waals surface area contributed by atoms with Crippen LogP contribution >= 0.6 is 15.9 Å². The maximum Gasteiger partial charge on any atom is 0.240 e. The number of amides is 1. The molecule has 0 aromatic heterocycles.